The smallest absolute Gasteiger partial charge is 0.508 e. The van der Waals surface area contributed by atoms with Crippen molar-refractivity contribution in [3.8, 4) is 11.5 Å². The van der Waals surface area contributed by atoms with Crippen LogP contribution in [0.25, 0.3) is 0 Å². The zero-order valence-corrected chi connectivity index (χ0v) is 27.1. The number of halogens is 3. The molecule has 3 aromatic rings. The Morgan fingerprint density at radius 1 is 0.961 bits per heavy atom. The molecule has 2 saturated heterocycles. The van der Waals surface area contributed by atoms with E-state index < -0.39 is 88.9 Å². The first-order chi connectivity index (χ1) is 24.2. The molecule has 2 heterocycles. The number of phenols is 1. The van der Waals surface area contributed by atoms with Crippen LogP contribution in [0.4, 0.5) is 18.9 Å². The molecule has 0 aromatic heterocycles. The Morgan fingerprint density at radius 3 is 2.33 bits per heavy atom. The summed E-state index contributed by atoms with van der Waals surface area (Å²) in [6, 6.07) is 18.1. The van der Waals surface area contributed by atoms with Crippen LogP contribution in [-0.4, -0.2) is 62.6 Å². The van der Waals surface area contributed by atoms with Gasteiger partial charge in [0.2, 0.25) is 11.8 Å². The first kappa shape index (κ1) is 33.8. The second kappa shape index (κ2) is 12.3. The average Bonchev–Trinajstić information content (AvgIpc) is 3.46. The van der Waals surface area contributed by atoms with Gasteiger partial charge in [0.15, 0.2) is 0 Å². The summed E-state index contributed by atoms with van der Waals surface area (Å²) in [7, 11) is 0. The number of carboxylic acids is 1. The Hall–Kier alpha value is -5.66. The minimum Gasteiger partial charge on any atom is -0.508 e. The van der Waals surface area contributed by atoms with Crippen LogP contribution in [0.3, 0.4) is 0 Å². The first-order valence-electron chi connectivity index (χ1n) is 16.3. The number of aryl methyl sites for hydroxylation is 1. The number of ether oxygens (including phenoxy) is 1. The number of alkyl halides is 3. The molecule has 4 aliphatic rings. The molecule has 3 fully saturated rings. The summed E-state index contributed by atoms with van der Waals surface area (Å²) in [5, 5.41) is 21.6. The van der Waals surface area contributed by atoms with Crippen LogP contribution in [0.5, 0.6) is 11.5 Å². The number of aromatic hydroxyl groups is 1. The molecular weight excluding hydrogens is 671 g/mol. The number of aliphatic carboxylic acids is 1. The lowest BCUT2D eigenvalue weighted by atomic mass is 9.49. The van der Waals surface area contributed by atoms with Gasteiger partial charge in [-0.2, -0.15) is 5.01 Å². The average molecular weight is 704 g/mol. The third-order valence-corrected chi connectivity index (χ3v) is 10.6. The van der Waals surface area contributed by atoms with E-state index in [0.717, 1.165) is 33.7 Å². The maximum Gasteiger partial charge on any atom is 0.573 e. The summed E-state index contributed by atoms with van der Waals surface area (Å²) in [4.78, 5) is 69.5. The number of rotatable bonds is 8. The molecule has 3 N–H and O–H groups in total. The molecule has 3 aromatic carbocycles. The first-order valence-corrected chi connectivity index (χ1v) is 16.3. The number of allylic oxidation sites excluding steroid dienone is 2. The largest absolute Gasteiger partial charge is 0.573 e. The fourth-order valence-corrected chi connectivity index (χ4v) is 8.55. The molecule has 2 aliphatic carbocycles. The van der Waals surface area contributed by atoms with E-state index >= 15 is 4.79 Å². The van der Waals surface area contributed by atoms with Crippen molar-refractivity contribution >= 4 is 35.3 Å². The van der Waals surface area contributed by atoms with Crippen LogP contribution in [0.1, 0.15) is 41.9 Å². The van der Waals surface area contributed by atoms with Crippen molar-refractivity contribution < 1.29 is 52.1 Å². The van der Waals surface area contributed by atoms with Gasteiger partial charge in [0.25, 0.3) is 11.8 Å². The van der Waals surface area contributed by atoms with Crippen LogP contribution >= 0.6 is 0 Å². The van der Waals surface area contributed by atoms with Crippen molar-refractivity contribution in [2.75, 3.05) is 12.0 Å². The van der Waals surface area contributed by atoms with Crippen molar-refractivity contribution in [3.63, 3.8) is 0 Å². The third-order valence-electron chi connectivity index (χ3n) is 10.6. The van der Waals surface area contributed by atoms with Crippen molar-refractivity contribution in [3.05, 3.63) is 101 Å². The Balaban J connectivity index is 1.44. The van der Waals surface area contributed by atoms with E-state index in [-0.39, 0.29) is 24.9 Å². The minimum absolute atomic E-state index is 0.00362. The van der Waals surface area contributed by atoms with E-state index in [4.69, 9.17) is 0 Å². The monoisotopic (exact) mass is 703 g/mol. The van der Waals surface area contributed by atoms with E-state index in [1.807, 2.05) is 6.92 Å². The standard InChI is InChI=1S/C37H32F3N3O8/c1-19-7-9-21(10-8-19)41-43-33(48)27-18-25-23(12-13-24-30(25)34(49)42(32(24)47)16-15-29(45)46)31(36(27,35(43)50)20-5-3-2-4-6-20)26-17-22(11-14-28(26)44)51-37(38,39)40/h2-12,14,17,24-25,27,30-31,41,44H,13,15-16,18H2,1H3,(H,45,46). The quantitative estimate of drug-likeness (QED) is 0.216. The number of carbonyl (C=O) groups is 5. The summed E-state index contributed by atoms with van der Waals surface area (Å²) in [6.07, 6.45) is -3.99. The summed E-state index contributed by atoms with van der Waals surface area (Å²) < 4.78 is 44.7. The third kappa shape index (κ3) is 5.49. The number of likely N-dealkylation sites (tertiary alicyclic amines) is 1. The number of carboxylic acid groups (broad SMARTS) is 1. The summed E-state index contributed by atoms with van der Waals surface area (Å²) in [5.41, 5.74) is 3.02. The number of hydrogen-bond donors (Lipinski definition) is 3. The van der Waals surface area contributed by atoms with E-state index in [2.05, 4.69) is 10.2 Å². The van der Waals surface area contributed by atoms with E-state index in [1.54, 1.807) is 60.7 Å². The van der Waals surface area contributed by atoms with Gasteiger partial charge in [-0.05, 0) is 61.6 Å². The molecule has 0 radical (unpaired) electrons. The van der Waals surface area contributed by atoms with Gasteiger partial charge in [0.05, 0.1) is 35.3 Å². The van der Waals surface area contributed by atoms with Gasteiger partial charge < -0.3 is 14.9 Å². The molecule has 7 rings (SSSR count). The van der Waals surface area contributed by atoms with Gasteiger partial charge in [-0.1, -0.05) is 59.7 Å². The number of hydrogen-bond acceptors (Lipinski definition) is 8. The number of fused-ring (bicyclic) bond motifs is 4. The Labute approximate surface area is 289 Å². The molecule has 11 nitrogen and oxygen atoms in total. The summed E-state index contributed by atoms with van der Waals surface area (Å²) in [5.74, 6) is -10.3. The number of nitrogens with zero attached hydrogens (tertiary/aromatic N) is 2. The van der Waals surface area contributed by atoms with Crippen molar-refractivity contribution in [1.82, 2.24) is 9.91 Å². The van der Waals surface area contributed by atoms with Gasteiger partial charge in [0.1, 0.15) is 11.5 Å². The second-order valence-electron chi connectivity index (χ2n) is 13.3. The molecule has 6 atom stereocenters. The normalized spacial score (nSPS) is 27.1. The van der Waals surface area contributed by atoms with Crippen molar-refractivity contribution in [2.45, 2.75) is 43.9 Å². The lowest BCUT2D eigenvalue weighted by Crippen LogP contribution is -2.53. The van der Waals surface area contributed by atoms with Crippen LogP contribution in [0, 0.1) is 30.6 Å². The van der Waals surface area contributed by atoms with Gasteiger partial charge in [0, 0.05) is 18.0 Å². The molecule has 1 saturated carbocycles. The predicted molar refractivity (Wildman–Crippen MR) is 173 cm³/mol. The lowest BCUT2D eigenvalue weighted by Gasteiger charge is -2.50. The number of anilines is 1. The number of phenolic OH excluding ortho intramolecular Hbond substituents is 1. The number of benzene rings is 3. The van der Waals surface area contributed by atoms with Crippen LogP contribution in [0.15, 0.2) is 84.4 Å². The van der Waals surface area contributed by atoms with Crippen LogP contribution < -0.4 is 10.2 Å². The maximum absolute atomic E-state index is 15.1. The molecule has 0 bridgehead atoms. The summed E-state index contributed by atoms with van der Waals surface area (Å²) >= 11 is 0. The SMILES string of the molecule is Cc1ccc(NN2C(=O)C3CC4C(=CCC5C(=O)N(CCC(=O)O)C(=O)C54)C(c4cc(OC(F)(F)F)ccc4O)C3(c3ccccc3)C2=O)cc1. The highest BCUT2D eigenvalue weighted by Gasteiger charge is 2.70. The second-order valence-corrected chi connectivity index (χ2v) is 13.3. The highest BCUT2D eigenvalue weighted by molar-refractivity contribution is 6.13. The highest BCUT2D eigenvalue weighted by Crippen LogP contribution is 2.65. The topological polar surface area (TPSA) is 154 Å². The van der Waals surface area contributed by atoms with E-state index in [0.29, 0.717) is 16.8 Å². The fraction of sp³-hybridized carbons (Fsp3) is 0.324. The number of carbonyl (C=O) groups excluding carboxylic acids is 4. The number of imide groups is 2. The molecule has 0 spiro atoms. The van der Waals surface area contributed by atoms with Gasteiger partial charge in [-0.15, -0.1) is 13.2 Å². The molecular formula is C37H32F3N3O8. The molecule has 14 heteroatoms. The minimum atomic E-state index is -5.09. The Kier molecular flexibility index (Phi) is 8.15. The lowest BCUT2D eigenvalue weighted by molar-refractivity contribution is -0.274. The van der Waals surface area contributed by atoms with Crippen LogP contribution in [-0.2, 0) is 29.4 Å². The zero-order chi connectivity index (χ0) is 36.4. The van der Waals surface area contributed by atoms with Gasteiger partial charge >= 0.3 is 12.3 Å². The fourth-order valence-electron chi connectivity index (χ4n) is 8.55. The van der Waals surface area contributed by atoms with Crippen molar-refractivity contribution in [1.29, 1.82) is 0 Å². The Morgan fingerprint density at radius 2 is 1.67 bits per heavy atom. The highest BCUT2D eigenvalue weighted by atomic mass is 19.4. The van der Waals surface area contributed by atoms with Gasteiger partial charge in [-0.25, -0.2) is 0 Å². The summed E-state index contributed by atoms with van der Waals surface area (Å²) in [6.45, 7) is 1.51. The Bertz CT molecular complexity index is 1980. The number of hydrazine groups is 1. The molecule has 4 amide bonds. The predicted octanol–water partition coefficient (Wildman–Crippen LogP) is 5.06. The molecule has 51 heavy (non-hydrogen) atoms. The van der Waals surface area contributed by atoms with E-state index in [9.17, 15) is 42.6 Å². The molecule has 6 unspecified atom stereocenters. The van der Waals surface area contributed by atoms with Gasteiger partial charge in [-0.3, -0.25) is 34.3 Å². The number of amides is 4. The van der Waals surface area contributed by atoms with E-state index in [1.165, 1.54) is 0 Å². The zero-order valence-electron chi connectivity index (χ0n) is 27.1. The van der Waals surface area contributed by atoms with Crippen molar-refractivity contribution in [2.24, 2.45) is 23.7 Å². The molecule has 264 valence electrons. The maximum atomic E-state index is 15.1. The number of nitrogens with one attached hydrogen (secondary N) is 1. The van der Waals surface area contributed by atoms with Crippen LogP contribution in [0.2, 0.25) is 0 Å². The molecule has 2 aliphatic heterocycles.